The van der Waals surface area contributed by atoms with Crippen LogP contribution in [0, 0.1) is 5.92 Å². The number of carbonyl (C=O) groups is 2. The number of carbonyl (C=O) groups excluding carboxylic acids is 1. The maximum absolute atomic E-state index is 12.5. The van der Waals surface area contributed by atoms with E-state index in [0.29, 0.717) is 19.6 Å². The van der Waals surface area contributed by atoms with Gasteiger partial charge in [0.15, 0.2) is 0 Å². The van der Waals surface area contributed by atoms with Crippen molar-refractivity contribution < 1.29 is 14.7 Å². The summed E-state index contributed by atoms with van der Waals surface area (Å²) in [4.78, 5) is 29.3. The molecule has 1 aliphatic heterocycles. The molecule has 0 bridgehead atoms. The minimum absolute atomic E-state index is 0.0424. The van der Waals surface area contributed by atoms with Crippen LogP contribution in [0.25, 0.3) is 0 Å². The van der Waals surface area contributed by atoms with Gasteiger partial charge in [0.05, 0.1) is 5.92 Å². The summed E-state index contributed by atoms with van der Waals surface area (Å²) in [6, 6.07) is -0.0424. The number of nitrogens with zero attached hydrogens (tertiary/aromatic N) is 3. The van der Waals surface area contributed by atoms with Crippen LogP contribution in [0.15, 0.2) is 0 Å². The second kappa shape index (κ2) is 7.11. The number of urea groups is 1. The lowest BCUT2D eigenvalue weighted by atomic mass is 10.1. The lowest BCUT2D eigenvalue weighted by Crippen LogP contribution is -2.57. The van der Waals surface area contributed by atoms with Crippen molar-refractivity contribution in [2.45, 2.75) is 40.2 Å². The third-order valence-electron chi connectivity index (χ3n) is 4.07. The molecule has 1 fully saturated rings. The Bertz CT molecular complexity index is 371. The molecule has 2 amide bonds. The first-order valence-corrected chi connectivity index (χ1v) is 7.68. The van der Waals surface area contributed by atoms with Crippen molar-refractivity contribution in [1.82, 2.24) is 14.7 Å². The predicted molar refractivity (Wildman–Crippen MR) is 82.3 cm³/mol. The maximum atomic E-state index is 12.5. The highest BCUT2D eigenvalue weighted by Crippen LogP contribution is 2.16. The molecule has 0 aromatic rings. The summed E-state index contributed by atoms with van der Waals surface area (Å²) < 4.78 is 0. The summed E-state index contributed by atoms with van der Waals surface area (Å²) in [5, 5.41) is 8.98. The van der Waals surface area contributed by atoms with Gasteiger partial charge in [-0.2, -0.15) is 0 Å². The van der Waals surface area contributed by atoms with Gasteiger partial charge in [-0.05, 0) is 27.7 Å². The molecule has 1 heterocycles. The molecule has 6 heteroatoms. The van der Waals surface area contributed by atoms with Crippen LogP contribution in [0.2, 0.25) is 0 Å². The zero-order valence-corrected chi connectivity index (χ0v) is 13.9. The van der Waals surface area contributed by atoms with Crippen molar-refractivity contribution in [2.75, 3.05) is 39.3 Å². The Labute approximate surface area is 127 Å². The van der Waals surface area contributed by atoms with Gasteiger partial charge in [0, 0.05) is 44.8 Å². The van der Waals surface area contributed by atoms with Crippen LogP contribution >= 0.6 is 0 Å². The molecule has 21 heavy (non-hydrogen) atoms. The van der Waals surface area contributed by atoms with Crippen LogP contribution in [0.4, 0.5) is 4.79 Å². The first kappa shape index (κ1) is 17.8. The Hall–Kier alpha value is -1.30. The molecule has 1 unspecified atom stereocenters. The first-order chi connectivity index (χ1) is 9.66. The van der Waals surface area contributed by atoms with Crippen LogP contribution in [0.1, 0.15) is 34.6 Å². The Morgan fingerprint density at radius 1 is 1.19 bits per heavy atom. The van der Waals surface area contributed by atoms with E-state index in [9.17, 15) is 9.59 Å². The van der Waals surface area contributed by atoms with E-state index in [1.54, 1.807) is 11.8 Å². The largest absolute Gasteiger partial charge is 0.481 e. The van der Waals surface area contributed by atoms with Crippen LogP contribution in [-0.4, -0.2) is 76.6 Å². The Morgan fingerprint density at radius 2 is 1.71 bits per heavy atom. The molecule has 1 N–H and O–H groups in total. The quantitative estimate of drug-likeness (QED) is 0.856. The molecular formula is C15H29N3O3. The van der Waals surface area contributed by atoms with Crippen molar-refractivity contribution in [3.63, 3.8) is 0 Å². The summed E-state index contributed by atoms with van der Waals surface area (Å²) in [5.41, 5.74) is 0.122. The van der Waals surface area contributed by atoms with Crippen molar-refractivity contribution in [3.8, 4) is 0 Å². The number of hydrogen-bond acceptors (Lipinski definition) is 3. The van der Waals surface area contributed by atoms with Gasteiger partial charge in [-0.15, -0.1) is 0 Å². The molecule has 0 aliphatic carbocycles. The third-order valence-corrected chi connectivity index (χ3v) is 4.07. The first-order valence-electron chi connectivity index (χ1n) is 7.68. The number of carboxylic acid groups (broad SMARTS) is 1. The summed E-state index contributed by atoms with van der Waals surface area (Å²) in [6.45, 7) is 14.0. The van der Waals surface area contributed by atoms with Gasteiger partial charge >= 0.3 is 12.0 Å². The second-order valence-electron chi connectivity index (χ2n) is 6.71. The van der Waals surface area contributed by atoms with E-state index in [1.807, 2.05) is 11.8 Å². The monoisotopic (exact) mass is 299 g/mol. The summed E-state index contributed by atoms with van der Waals surface area (Å²) in [7, 11) is 0. The van der Waals surface area contributed by atoms with Crippen LogP contribution in [0.5, 0.6) is 0 Å². The van der Waals surface area contributed by atoms with Gasteiger partial charge in [-0.1, -0.05) is 6.92 Å². The highest BCUT2D eigenvalue weighted by Gasteiger charge is 2.30. The number of carboxylic acids is 1. The fraction of sp³-hybridized carbons (Fsp3) is 0.867. The summed E-state index contributed by atoms with van der Waals surface area (Å²) in [5.74, 6) is -1.40. The molecule has 122 valence electrons. The molecule has 0 spiro atoms. The molecule has 1 atom stereocenters. The van der Waals surface area contributed by atoms with Crippen molar-refractivity contribution in [1.29, 1.82) is 0 Å². The van der Waals surface area contributed by atoms with E-state index in [2.05, 4.69) is 25.7 Å². The third kappa shape index (κ3) is 4.88. The lowest BCUT2D eigenvalue weighted by molar-refractivity contribution is -0.141. The van der Waals surface area contributed by atoms with E-state index >= 15 is 0 Å². The van der Waals surface area contributed by atoms with Gasteiger partial charge in [-0.25, -0.2) is 4.79 Å². The van der Waals surface area contributed by atoms with Gasteiger partial charge in [0.2, 0.25) is 0 Å². The van der Waals surface area contributed by atoms with E-state index in [1.165, 1.54) is 0 Å². The van der Waals surface area contributed by atoms with Gasteiger partial charge in [-0.3, -0.25) is 9.69 Å². The smallest absolute Gasteiger partial charge is 0.320 e. The zero-order valence-electron chi connectivity index (χ0n) is 13.9. The second-order valence-corrected chi connectivity index (χ2v) is 6.71. The SMILES string of the molecule is CCN(CC(C)C(=O)O)C(=O)N1CCN(C(C)(C)C)CC1. The minimum Gasteiger partial charge on any atom is -0.481 e. The molecule has 0 aromatic heterocycles. The molecule has 6 nitrogen and oxygen atoms in total. The van der Waals surface area contributed by atoms with Gasteiger partial charge < -0.3 is 14.9 Å². The zero-order chi connectivity index (χ0) is 16.2. The predicted octanol–water partition coefficient (Wildman–Crippen LogP) is 1.57. The lowest BCUT2D eigenvalue weighted by Gasteiger charge is -2.43. The Balaban J connectivity index is 2.57. The van der Waals surface area contributed by atoms with E-state index in [0.717, 1.165) is 13.1 Å². The van der Waals surface area contributed by atoms with Gasteiger partial charge in [0.25, 0.3) is 0 Å². The number of aliphatic carboxylic acids is 1. The molecule has 0 aromatic carbocycles. The summed E-state index contributed by atoms with van der Waals surface area (Å²) >= 11 is 0. The average molecular weight is 299 g/mol. The molecular weight excluding hydrogens is 270 g/mol. The van der Waals surface area contributed by atoms with Crippen LogP contribution in [0.3, 0.4) is 0 Å². The fourth-order valence-corrected chi connectivity index (χ4v) is 2.52. The van der Waals surface area contributed by atoms with E-state index < -0.39 is 11.9 Å². The molecule has 1 saturated heterocycles. The maximum Gasteiger partial charge on any atom is 0.320 e. The minimum atomic E-state index is -0.862. The molecule has 0 radical (unpaired) electrons. The Morgan fingerprint density at radius 3 is 2.10 bits per heavy atom. The fourth-order valence-electron chi connectivity index (χ4n) is 2.52. The van der Waals surface area contributed by atoms with Crippen LogP contribution < -0.4 is 0 Å². The van der Waals surface area contributed by atoms with E-state index in [4.69, 9.17) is 5.11 Å². The number of rotatable bonds is 4. The molecule has 0 saturated carbocycles. The topological polar surface area (TPSA) is 64.1 Å². The number of hydrogen-bond donors (Lipinski definition) is 1. The standard InChI is InChI=1S/C15H29N3O3/c1-6-16(11-12(2)13(19)20)14(21)17-7-9-18(10-8-17)15(3,4)5/h12H,6-11H2,1-5H3,(H,19,20). The number of amides is 2. The Kier molecular flexibility index (Phi) is 6.01. The van der Waals surface area contributed by atoms with E-state index in [-0.39, 0.29) is 18.1 Å². The number of piperazine rings is 1. The highest BCUT2D eigenvalue weighted by molar-refractivity contribution is 5.76. The van der Waals surface area contributed by atoms with Crippen molar-refractivity contribution in [2.24, 2.45) is 5.92 Å². The van der Waals surface area contributed by atoms with Crippen molar-refractivity contribution >= 4 is 12.0 Å². The van der Waals surface area contributed by atoms with Crippen molar-refractivity contribution in [3.05, 3.63) is 0 Å². The summed E-state index contributed by atoms with van der Waals surface area (Å²) in [6.07, 6.45) is 0. The van der Waals surface area contributed by atoms with Crippen LogP contribution in [-0.2, 0) is 4.79 Å². The highest BCUT2D eigenvalue weighted by atomic mass is 16.4. The van der Waals surface area contributed by atoms with Gasteiger partial charge in [0.1, 0.15) is 0 Å². The normalized spacial score (nSPS) is 18.4. The molecule has 1 rings (SSSR count). The average Bonchev–Trinajstić information content (AvgIpc) is 2.42. The molecule has 1 aliphatic rings.